The van der Waals surface area contributed by atoms with E-state index in [2.05, 4.69) is 10.3 Å². The number of aromatic amines is 1. The molecule has 76 valence electrons. The van der Waals surface area contributed by atoms with E-state index < -0.39 is 0 Å². The fourth-order valence-corrected chi connectivity index (χ4v) is 1.84. The molecular formula is C10H15N3O. The highest BCUT2D eigenvalue weighted by Gasteiger charge is 2.17. The summed E-state index contributed by atoms with van der Waals surface area (Å²) in [5.41, 5.74) is 7.05. The zero-order valence-electron chi connectivity index (χ0n) is 8.05. The first kappa shape index (κ1) is 9.43. The lowest BCUT2D eigenvalue weighted by molar-refractivity contribution is 0.728. The van der Waals surface area contributed by atoms with Crippen LogP contribution in [0.1, 0.15) is 23.6 Å². The SMILES string of the molecule is NCc1ccc(C2CCNC2)[nH]c1=O. The normalized spacial score (nSPS) is 21.4. The van der Waals surface area contributed by atoms with Gasteiger partial charge in [0.25, 0.3) is 5.56 Å². The standard InChI is InChI=1S/C10H15N3O/c11-5-7-1-2-9(13-10(7)14)8-3-4-12-6-8/h1-2,8,12H,3-6,11H2,(H,13,14). The van der Waals surface area contributed by atoms with Crippen molar-refractivity contribution in [2.45, 2.75) is 18.9 Å². The Kier molecular flexibility index (Phi) is 2.65. The van der Waals surface area contributed by atoms with Crippen LogP contribution in [0.3, 0.4) is 0 Å². The van der Waals surface area contributed by atoms with Gasteiger partial charge in [-0.25, -0.2) is 0 Å². The Morgan fingerprint density at radius 2 is 2.36 bits per heavy atom. The molecule has 14 heavy (non-hydrogen) atoms. The van der Waals surface area contributed by atoms with Crippen LogP contribution in [0.2, 0.25) is 0 Å². The van der Waals surface area contributed by atoms with E-state index in [1.807, 2.05) is 12.1 Å². The van der Waals surface area contributed by atoms with Gasteiger partial charge in [0.15, 0.2) is 0 Å². The van der Waals surface area contributed by atoms with Crippen molar-refractivity contribution in [3.63, 3.8) is 0 Å². The van der Waals surface area contributed by atoms with Crippen LogP contribution in [0.4, 0.5) is 0 Å². The highest BCUT2D eigenvalue weighted by Crippen LogP contribution is 2.18. The van der Waals surface area contributed by atoms with Gasteiger partial charge in [-0.05, 0) is 19.0 Å². The van der Waals surface area contributed by atoms with Gasteiger partial charge in [0.1, 0.15) is 0 Å². The summed E-state index contributed by atoms with van der Waals surface area (Å²) in [6.45, 7) is 2.29. The summed E-state index contributed by atoms with van der Waals surface area (Å²) >= 11 is 0. The quantitative estimate of drug-likeness (QED) is 0.614. The van der Waals surface area contributed by atoms with E-state index in [9.17, 15) is 4.79 Å². The van der Waals surface area contributed by atoms with E-state index in [4.69, 9.17) is 5.73 Å². The topological polar surface area (TPSA) is 70.9 Å². The Bertz CT molecular complexity index is 366. The van der Waals surface area contributed by atoms with Gasteiger partial charge >= 0.3 is 0 Å². The third kappa shape index (κ3) is 1.71. The summed E-state index contributed by atoms with van der Waals surface area (Å²) < 4.78 is 0. The van der Waals surface area contributed by atoms with E-state index in [-0.39, 0.29) is 5.56 Å². The van der Waals surface area contributed by atoms with Crippen molar-refractivity contribution in [2.24, 2.45) is 5.73 Å². The minimum atomic E-state index is -0.0445. The van der Waals surface area contributed by atoms with Gasteiger partial charge in [-0.15, -0.1) is 0 Å². The average molecular weight is 193 g/mol. The molecule has 0 radical (unpaired) electrons. The first-order valence-electron chi connectivity index (χ1n) is 4.94. The number of hydrogen-bond donors (Lipinski definition) is 3. The van der Waals surface area contributed by atoms with Crippen LogP contribution in [0.25, 0.3) is 0 Å². The molecule has 1 atom stereocenters. The maximum Gasteiger partial charge on any atom is 0.252 e. The zero-order valence-corrected chi connectivity index (χ0v) is 8.05. The summed E-state index contributed by atoms with van der Waals surface area (Å²) in [7, 11) is 0. The minimum absolute atomic E-state index is 0.0445. The van der Waals surface area contributed by atoms with E-state index in [1.165, 1.54) is 0 Å². The summed E-state index contributed by atoms with van der Waals surface area (Å²) in [4.78, 5) is 14.4. The Balaban J connectivity index is 2.27. The number of hydrogen-bond acceptors (Lipinski definition) is 3. The first-order valence-corrected chi connectivity index (χ1v) is 4.94. The van der Waals surface area contributed by atoms with Crippen LogP contribution in [-0.2, 0) is 6.54 Å². The fraction of sp³-hybridized carbons (Fsp3) is 0.500. The molecule has 1 unspecified atom stereocenters. The second-order valence-corrected chi connectivity index (χ2v) is 3.66. The molecule has 0 bridgehead atoms. The lowest BCUT2D eigenvalue weighted by Crippen LogP contribution is -2.19. The molecule has 0 aliphatic carbocycles. The lowest BCUT2D eigenvalue weighted by Gasteiger charge is -2.08. The molecular weight excluding hydrogens is 178 g/mol. The van der Waals surface area contributed by atoms with Gasteiger partial charge in [-0.3, -0.25) is 4.79 Å². The molecule has 1 saturated heterocycles. The summed E-state index contributed by atoms with van der Waals surface area (Å²) in [5.74, 6) is 0.453. The molecule has 4 heteroatoms. The molecule has 0 aromatic carbocycles. The number of aromatic nitrogens is 1. The molecule has 2 rings (SSSR count). The molecule has 0 spiro atoms. The molecule has 1 fully saturated rings. The second kappa shape index (κ2) is 3.94. The van der Waals surface area contributed by atoms with Crippen molar-refractivity contribution in [3.05, 3.63) is 33.7 Å². The second-order valence-electron chi connectivity index (χ2n) is 3.66. The predicted octanol–water partition coefficient (Wildman–Crippen LogP) is -0.0895. The molecule has 2 heterocycles. The van der Waals surface area contributed by atoms with Crippen LogP contribution < -0.4 is 16.6 Å². The van der Waals surface area contributed by atoms with Crippen molar-refractivity contribution in [1.29, 1.82) is 0 Å². The smallest absolute Gasteiger partial charge is 0.252 e. The predicted molar refractivity (Wildman–Crippen MR) is 55.2 cm³/mol. The van der Waals surface area contributed by atoms with E-state index in [0.29, 0.717) is 18.0 Å². The Morgan fingerprint density at radius 1 is 1.50 bits per heavy atom. The number of H-pyrrole nitrogens is 1. The molecule has 1 aliphatic heterocycles. The van der Waals surface area contributed by atoms with Crippen molar-refractivity contribution in [1.82, 2.24) is 10.3 Å². The molecule has 4 N–H and O–H groups in total. The highest BCUT2D eigenvalue weighted by atomic mass is 16.1. The molecule has 1 aromatic rings. The maximum absolute atomic E-state index is 11.5. The first-order chi connectivity index (χ1) is 6.81. The van der Waals surface area contributed by atoms with Gasteiger partial charge in [0.05, 0.1) is 0 Å². The number of pyridine rings is 1. The molecule has 0 saturated carbocycles. The zero-order chi connectivity index (χ0) is 9.97. The third-order valence-electron chi connectivity index (χ3n) is 2.73. The Morgan fingerprint density at radius 3 is 2.93 bits per heavy atom. The molecule has 1 aliphatic rings. The van der Waals surface area contributed by atoms with Gasteiger partial charge in [0.2, 0.25) is 0 Å². The van der Waals surface area contributed by atoms with Crippen molar-refractivity contribution >= 4 is 0 Å². The lowest BCUT2D eigenvalue weighted by atomic mass is 10.0. The summed E-state index contributed by atoms with van der Waals surface area (Å²) in [6.07, 6.45) is 1.10. The van der Waals surface area contributed by atoms with Gasteiger partial charge in [0, 0.05) is 30.3 Å². The molecule has 0 amide bonds. The largest absolute Gasteiger partial charge is 0.326 e. The number of nitrogens with one attached hydrogen (secondary N) is 2. The maximum atomic E-state index is 11.5. The van der Waals surface area contributed by atoms with Crippen molar-refractivity contribution in [2.75, 3.05) is 13.1 Å². The van der Waals surface area contributed by atoms with E-state index in [0.717, 1.165) is 25.2 Å². The van der Waals surface area contributed by atoms with Crippen LogP contribution in [0.15, 0.2) is 16.9 Å². The van der Waals surface area contributed by atoms with Crippen molar-refractivity contribution in [3.8, 4) is 0 Å². The summed E-state index contributed by atoms with van der Waals surface area (Å²) in [6, 6.07) is 3.80. The van der Waals surface area contributed by atoms with E-state index >= 15 is 0 Å². The Hall–Kier alpha value is -1.13. The monoisotopic (exact) mass is 193 g/mol. The third-order valence-corrected chi connectivity index (χ3v) is 2.73. The summed E-state index contributed by atoms with van der Waals surface area (Å²) in [5, 5.41) is 3.27. The fourth-order valence-electron chi connectivity index (χ4n) is 1.84. The minimum Gasteiger partial charge on any atom is -0.326 e. The number of rotatable bonds is 2. The van der Waals surface area contributed by atoms with Gasteiger partial charge in [-0.2, -0.15) is 0 Å². The average Bonchev–Trinajstić information content (AvgIpc) is 2.70. The van der Waals surface area contributed by atoms with Crippen LogP contribution in [-0.4, -0.2) is 18.1 Å². The van der Waals surface area contributed by atoms with Gasteiger partial charge < -0.3 is 16.0 Å². The number of nitrogens with two attached hydrogens (primary N) is 1. The highest BCUT2D eigenvalue weighted by molar-refractivity contribution is 5.18. The van der Waals surface area contributed by atoms with Crippen LogP contribution in [0, 0.1) is 0 Å². The Labute approximate surface area is 82.5 Å². The van der Waals surface area contributed by atoms with Crippen LogP contribution >= 0.6 is 0 Å². The molecule has 4 nitrogen and oxygen atoms in total. The van der Waals surface area contributed by atoms with Crippen LogP contribution in [0.5, 0.6) is 0 Å². The van der Waals surface area contributed by atoms with Crippen molar-refractivity contribution < 1.29 is 0 Å². The van der Waals surface area contributed by atoms with Gasteiger partial charge in [-0.1, -0.05) is 6.07 Å². The molecule has 1 aromatic heterocycles. The van der Waals surface area contributed by atoms with E-state index in [1.54, 1.807) is 0 Å².